The second kappa shape index (κ2) is 17.6. The summed E-state index contributed by atoms with van der Waals surface area (Å²) in [7, 11) is 0. The Hall–Kier alpha value is -5.35. The number of carbonyl (C=O) groups is 7. The molecule has 16 nitrogen and oxygen atoms in total. The second-order valence-electron chi connectivity index (χ2n) is 16.3. The zero-order valence-corrected chi connectivity index (χ0v) is 33.5. The first-order valence-electron chi connectivity index (χ1n) is 20.2. The van der Waals surface area contributed by atoms with Crippen molar-refractivity contribution < 1.29 is 43.8 Å². The maximum Gasteiger partial charge on any atom is 0.319 e. The van der Waals surface area contributed by atoms with Gasteiger partial charge in [-0.3, -0.25) is 28.8 Å². The molecule has 0 radical (unpaired) electrons. The van der Waals surface area contributed by atoms with E-state index in [0.717, 1.165) is 21.6 Å². The van der Waals surface area contributed by atoms with Gasteiger partial charge in [-0.15, -0.1) is 0 Å². The Balaban J connectivity index is 1.15. The van der Waals surface area contributed by atoms with Gasteiger partial charge < -0.3 is 46.2 Å². The second-order valence-corrected chi connectivity index (χ2v) is 16.3. The molecule has 0 unspecified atom stereocenters. The van der Waals surface area contributed by atoms with Crippen LogP contribution in [-0.2, 0) is 35.2 Å². The number of likely N-dealkylation sites (tertiary alicyclic amines) is 3. The van der Waals surface area contributed by atoms with Crippen LogP contribution in [0, 0.1) is 13.8 Å². The van der Waals surface area contributed by atoms with Crippen LogP contribution in [0.3, 0.4) is 0 Å². The van der Waals surface area contributed by atoms with Crippen molar-refractivity contribution in [3.05, 3.63) is 65.2 Å². The van der Waals surface area contributed by atoms with Gasteiger partial charge in [0.1, 0.15) is 35.7 Å². The summed E-state index contributed by atoms with van der Waals surface area (Å²) in [5, 5.41) is 32.4. The molecule has 1 spiro atoms. The Morgan fingerprint density at radius 1 is 0.862 bits per heavy atom. The maximum absolute atomic E-state index is 14.3. The number of piperidine rings is 1. The fourth-order valence-electron chi connectivity index (χ4n) is 8.52. The molecule has 3 saturated heterocycles. The van der Waals surface area contributed by atoms with Gasteiger partial charge in [0.2, 0.25) is 29.5 Å². The molecule has 312 valence electrons. The molecule has 16 heteroatoms. The number of β-amino-alcohol motifs (C(OH)–C–C–N with tert-alkyl or cyclic N) is 1. The third kappa shape index (κ3) is 9.34. The first kappa shape index (κ1) is 42.3. The Morgan fingerprint density at radius 3 is 2.26 bits per heavy atom. The number of hydrogen-bond donors (Lipinski definition) is 6. The van der Waals surface area contributed by atoms with Gasteiger partial charge in [0.15, 0.2) is 5.78 Å². The third-order valence-corrected chi connectivity index (χ3v) is 11.8. The lowest BCUT2D eigenvalue weighted by molar-refractivity contribution is -0.152. The van der Waals surface area contributed by atoms with Crippen molar-refractivity contribution >= 4 is 47.0 Å². The van der Waals surface area contributed by atoms with Gasteiger partial charge in [-0.1, -0.05) is 47.5 Å². The van der Waals surface area contributed by atoms with Gasteiger partial charge in [-0.05, 0) is 77.5 Å². The van der Waals surface area contributed by atoms with E-state index < -0.39 is 77.6 Å². The first-order valence-corrected chi connectivity index (χ1v) is 20.2. The number of aryl methyl sites for hydroxylation is 2. The highest BCUT2D eigenvalue weighted by Gasteiger charge is 2.62. The smallest absolute Gasteiger partial charge is 0.319 e. The van der Waals surface area contributed by atoms with Crippen molar-refractivity contribution in [2.24, 2.45) is 0 Å². The molecule has 6 N–H and O–H groups in total. The number of ketones is 1. The van der Waals surface area contributed by atoms with Crippen molar-refractivity contribution in [1.82, 2.24) is 30.7 Å². The normalized spacial score (nSPS) is 24.8. The minimum atomic E-state index is -1.56. The molecule has 7 amide bonds. The van der Waals surface area contributed by atoms with Crippen LogP contribution in [0.5, 0.6) is 0 Å². The zero-order chi connectivity index (χ0) is 41.9. The van der Waals surface area contributed by atoms with Gasteiger partial charge in [0.25, 0.3) is 0 Å². The van der Waals surface area contributed by atoms with Crippen LogP contribution in [0.1, 0.15) is 75.5 Å². The Bertz CT molecular complexity index is 1920. The number of nitrogens with zero attached hydrogens (tertiary/aromatic N) is 3. The van der Waals surface area contributed by atoms with E-state index in [1.807, 2.05) is 44.2 Å². The van der Waals surface area contributed by atoms with Gasteiger partial charge in [0, 0.05) is 44.6 Å². The summed E-state index contributed by atoms with van der Waals surface area (Å²) in [6, 6.07) is 7.96. The molecule has 1 saturated carbocycles. The number of amides is 7. The number of benzene rings is 2. The summed E-state index contributed by atoms with van der Waals surface area (Å²) in [4.78, 5) is 99.0. The van der Waals surface area contributed by atoms with Crippen molar-refractivity contribution in [2.75, 3.05) is 25.0 Å². The number of rotatable bonds is 12. The molecule has 2 aromatic carbocycles. The molecule has 0 bridgehead atoms. The standard InChI is InChI=1S/C42H55N7O9/c1-24-12-14-29(15-13-24)44-41(58)45-31(20-28-10-7-9-25(2)19-28)36(53)46-35(27(4)50)40(57)48-23-30(51)21-33(48)39(56)47-17-6-5-11-32(47)37(54)43-26(3)38(55)49-18-8-16-42(49)22-34(42)52/h7,9-10,12-15,19,26-27,30-33,35,50-51H,5-6,8,11,16-18,20-23H2,1-4H3,(H,43,54)(H,46,53)(H2,44,45,58)/t26-,27-,30+,31-,32-,33-,35-,42-/m0/s1. The summed E-state index contributed by atoms with van der Waals surface area (Å²) < 4.78 is 0. The van der Waals surface area contributed by atoms with Crippen LogP contribution in [0.4, 0.5) is 10.5 Å². The molecule has 3 aliphatic heterocycles. The highest BCUT2D eigenvalue weighted by atomic mass is 16.3. The van der Waals surface area contributed by atoms with Crippen LogP contribution in [-0.4, -0.2) is 134 Å². The largest absolute Gasteiger partial charge is 0.391 e. The summed E-state index contributed by atoms with van der Waals surface area (Å²) in [5.74, 6) is -3.01. The number of carbonyl (C=O) groups excluding carboxylic acids is 7. The topological polar surface area (TPSA) is 218 Å². The van der Waals surface area contributed by atoms with Crippen LogP contribution < -0.4 is 21.3 Å². The van der Waals surface area contributed by atoms with Crippen molar-refractivity contribution in [3.8, 4) is 0 Å². The summed E-state index contributed by atoms with van der Waals surface area (Å²) >= 11 is 0. The number of urea groups is 1. The number of aliphatic hydroxyl groups excluding tert-OH is 2. The third-order valence-electron chi connectivity index (χ3n) is 11.8. The van der Waals surface area contributed by atoms with Crippen molar-refractivity contribution in [2.45, 2.75) is 127 Å². The van der Waals surface area contributed by atoms with E-state index >= 15 is 0 Å². The number of hydrogen-bond acceptors (Lipinski definition) is 9. The molecule has 58 heavy (non-hydrogen) atoms. The lowest BCUT2D eigenvalue weighted by atomic mass is 9.98. The van der Waals surface area contributed by atoms with Gasteiger partial charge in [-0.25, -0.2) is 4.79 Å². The summed E-state index contributed by atoms with van der Waals surface area (Å²) in [6.07, 6.45) is 0.562. The number of aliphatic hydroxyl groups is 2. The predicted molar refractivity (Wildman–Crippen MR) is 212 cm³/mol. The molecular weight excluding hydrogens is 747 g/mol. The number of nitrogens with one attached hydrogen (secondary N) is 4. The van der Waals surface area contributed by atoms with E-state index in [2.05, 4.69) is 21.3 Å². The van der Waals surface area contributed by atoms with E-state index in [0.29, 0.717) is 50.8 Å². The Kier molecular flexibility index (Phi) is 12.9. The van der Waals surface area contributed by atoms with Crippen LogP contribution in [0.15, 0.2) is 48.5 Å². The lowest BCUT2D eigenvalue weighted by Gasteiger charge is -2.39. The minimum absolute atomic E-state index is 0.0243. The van der Waals surface area contributed by atoms with Crippen LogP contribution in [0.2, 0.25) is 0 Å². The maximum atomic E-state index is 14.3. The van der Waals surface area contributed by atoms with Crippen molar-refractivity contribution in [1.29, 1.82) is 0 Å². The molecule has 6 rings (SSSR count). The highest BCUT2D eigenvalue weighted by Crippen LogP contribution is 2.46. The first-order chi connectivity index (χ1) is 27.6. The predicted octanol–water partition coefficient (Wildman–Crippen LogP) is 1.08. The molecular formula is C42H55N7O9. The summed E-state index contributed by atoms with van der Waals surface area (Å²) in [6.45, 7) is 7.05. The Morgan fingerprint density at radius 2 is 1.59 bits per heavy atom. The molecule has 4 fully saturated rings. The highest BCUT2D eigenvalue weighted by molar-refractivity contribution is 6.09. The fraction of sp³-hybridized carbons (Fsp3) is 0.548. The molecule has 3 heterocycles. The van der Waals surface area contributed by atoms with Gasteiger partial charge in [0.05, 0.1) is 12.2 Å². The van der Waals surface area contributed by atoms with E-state index in [4.69, 9.17) is 0 Å². The van der Waals surface area contributed by atoms with E-state index in [1.165, 1.54) is 11.8 Å². The van der Waals surface area contributed by atoms with Crippen LogP contribution >= 0.6 is 0 Å². The van der Waals surface area contributed by atoms with Crippen LogP contribution in [0.25, 0.3) is 0 Å². The van der Waals surface area contributed by atoms with Gasteiger partial charge in [-0.2, -0.15) is 0 Å². The monoisotopic (exact) mass is 801 g/mol. The average Bonchev–Trinajstić information content (AvgIpc) is 3.45. The molecule has 4 aliphatic rings. The molecule has 2 aromatic rings. The summed E-state index contributed by atoms with van der Waals surface area (Å²) in [5.41, 5.74) is 2.42. The van der Waals surface area contributed by atoms with E-state index in [9.17, 15) is 43.8 Å². The lowest BCUT2D eigenvalue weighted by Crippen LogP contribution is -2.62. The minimum Gasteiger partial charge on any atom is -0.391 e. The van der Waals surface area contributed by atoms with E-state index in [-0.39, 0.29) is 37.6 Å². The van der Waals surface area contributed by atoms with E-state index in [1.54, 1.807) is 30.0 Å². The number of anilines is 1. The molecule has 0 aromatic heterocycles. The zero-order valence-electron chi connectivity index (χ0n) is 33.5. The molecule has 8 atom stereocenters. The number of Topliss-reactive ketones (excluding diaryl/α,β-unsaturated/α-hetero) is 1. The van der Waals surface area contributed by atoms with Gasteiger partial charge >= 0.3 is 6.03 Å². The van der Waals surface area contributed by atoms with Crippen molar-refractivity contribution in [3.63, 3.8) is 0 Å². The average molecular weight is 802 g/mol. The Labute approximate surface area is 338 Å². The quantitative estimate of drug-likeness (QED) is 0.181. The fourth-order valence-corrected chi connectivity index (χ4v) is 8.52. The molecule has 1 aliphatic carbocycles. The SMILES string of the molecule is Cc1ccc(NC(=O)N[C@@H](Cc2cccc(C)c2)C(=O)N[C@H](C(=O)N2C[C@H](O)C[C@H]2C(=O)N2CCCC[C@H]2C(=O)N[C@@H](C)C(=O)N2CCC[C@@]23CC3=O)[C@H](C)O)cc1.